The lowest BCUT2D eigenvalue weighted by Crippen LogP contribution is -2.39. The SMILES string of the molecule is CCc1nccn1CCC(=O)N1CCCC(c2ncc(C)s2)C1. The average Bonchev–Trinajstić information content (AvgIpc) is 3.21. The van der Waals surface area contributed by atoms with Crippen LogP contribution in [0, 0.1) is 6.92 Å². The van der Waals surface area contributed by atoms with Gasteiger partial charge in [0, 0.05) is 61.9 Å². The molecule has 6 heteroatoms. The van der Waals surface area contributed by atoms with Gasteiger partial charge in [0.1, 0.15) is 5.82 Å². The minimum atomic E-state index is 0.249. The third-order valence-electron chi connectivity index (χ3n) is 4.45. The molecule has 1 unspecified atom stereocenters. The van der Waals surface area contributed by atoms with Gasteiger partial charge in [-0.25, -0.2) is 9.97 Å². The predicted molar refractivity (Wildman–Crippen MR) is 91.6 cm³/mol. The summed E-state index contributed by atoms with van der Waals surface area (Å²) in [5.74, 6) is 1.71. The van der Waals surface area contributed by atoms with Gasteiger partial charge in [0.25, 0.3) is 0 Å². The van der Waals surface area contributed by atoms with Crippen LogP contribution in [0.25, 0.3) is 0 Å². The van der Waals surface area contributed by atoms with Crippen LogP contribution in [0.2, 0.25) is 0 Å². The highest BCUT2D eigenvalue weighted by Gasteiger charge is 2.26. The molecule has 0 aliphatic carbocycles. The van der Waals surface area contributed by atoms with Gasteiger partial charge in [-0.05, 0) is 19.8 Å². The number of aryl methyl sites for hydroxylation is 3. The van der Waals surface area contributed by atoms with Crippen molar-refractivity contribution in [3.8, 4) is 0 Å². The summed E-state index contributed by atoms with van der Waals surface area (Å²) in [7, 11) is 0. The van der Waals surface area contributed by atoms with Crippen molar-refractivity contribution in [2.45, 2.75) is 52.0 Å². The fourth-order valence-corrected chi connectivity index (χ4v) is 4.10. The Morgan fingerprint density at radius 1 is 1.43 bits per heavy atom. The first-order valence-corrected chi connectivity index (χ1v) is 9.19. The highest BCUT2D eigenvalue weighted by Crippen LogP contribution is 2.30. The summed E-state index contributed by atoms with van der Waals surface area (Å²) in [6.07, 6.45) is 9.36. The monoisotopic (exact) mass is 332 g/mol. The second kappa shape index (κ2) is 7.25. The molecule has 2 aromatic heterocycles. The van der Waals surface area contributed by atoms with Crippen molar-refractivity contribution in [2.24, 2.45) is 0 Å². The van der Waals surface area contributed by atoms with Crippen LogP contribution in [0.15, 0.2) is 18.6 Å². The lowest BCUT2D eigenvalue weighted by Gasteiger charge is -2.32. The zero-order valence-corrected chi connectivity index (χ0v) is 14.7. The number of piperidine rings is 1. The zero-order valence-electron chi connectivity index (χ0n) is 13.9. The Bertz CT molecular complexity index is 663. The summed E-state index contributed by atoms with van der Waals surface area (Å²) < 4.78 is 2.09. The number of amides is 1. The lowest BCUT2D eigenvalue weighted by atomic mass is 9.98. The minimum Gasteiger partial charge on any atom is -0.342 e. The maximum absolute atomic E-state index is 12.6. The number of imidazole rings is 1. The van der Waals surface area contributed by atoms with E-state index in [9.17, 15) is 4.79 Å². The third-order valence-corrected chi connectivity index (χ3v) is 5.52. The Hall–Kier alpha value is -1.69. The lowest BCUT2D eigenvalue weighted by molar-refractivity contribution is -0.132. The molecule has 2 aromatic rings. The van der Waals surface area contributed by atoms with Gasteiger partial charge in [-0.3, -0.25) is 4.79 Å². The molecule has 0 N–H and O–H groups in total. The van der Waals surface area contributed by atoms with E-state index in [1.54, 1.807) is 11.3 Å². The van der Waals surface area contributed by atoms with Gasteiger partial charge in [0.05, 0.1) is 5.01 Å². The van der Waals surface area contributed by atoms with Crippen molar-refractivity contribution in [3.63, 3.8) is 0 Å². The topological polar surface area (TPSA) is 51.0 Å². The molecule has 0 radical (unpaired) electrons. The summed E-state index contributed by atoms with van der Waals surface area (Å²) in [6, 6.07) is 0. The van der Waals surface area contributed by atoms with Crippen molar-refractivity contribution in [2.75, 3.05) is 13.1 Å². The molecular weight excluding hydrogens is 308 g/mol. The molecule has 0 spiro atoms. The number of carbonyl (C=O) groups is 1. The maximum Gasteiger partial charge on any atom is 0.224 e. The highest BCUT2D eigenvalue weighted by molar-refractivity contribution is 7.11. The fourth-order valence-electron chi connectivity index (χ4n) is 3.20. The number of aromatic nitrogens is 3. The van der Waals surface area contributed by atoms with Crippen molar-refractivity contribution < 1.29 is 4.79 Å². The summed E-state index contributed by atoms with van der Waals surface area (Å²) in [6.45, 7) is 6.59. The van der Waals surface area contributed by atoms with Crippen LogP contribution in [0.1, 0.15) is 47.8 Å². The molecule has 1 saturated heterocycles. The number of hydrogen-bond donors (Lipinski definition) is 0. The predicted octanol–water partition coefficient (Wildman–Crippen LogP) is 3.01. The summed E-state index contributed by atoms with van der Waals surface area (Å²) in [5.41, 5.74) is 0. The standard InChI is InChI=1S/C17H24N4OS/c1-3-15-18-7-10-20(15)9-6-16(22)21-8-4-5-14(12-21)17-19-11-13(2)23-17/h7,10-11,14H,3-6,8-9,12H2,1-2H3. The Labute approximate surface area is 141 Å². The second-order valence-corrected chi connectivity index (χ2v) is 7.39. The van der Waals surface area contributed by atoms with Crippen molar-refractivity contribution >= 4 is 17.2 Å². The Balaban J connectivity index is 1.57. The molecule has 1 atom stereocenters. The summed E-state index contributed by atoms with van der Waals surface area (Å²) in [5, 5.41) is 1.18. The molecule has 124 valence electrons. The average molecular weight is 332 g/mol. The molecule has 3 heterocycles. The van der Waals surface area contributed by atoms with Gasteiger partial charge in [-0.1, -0.05) is 6.92 Å². The quantitative estimate of drug-likeness (QED) is 0.846. The largest absolute Gasteiger partial charge is 0.342 e. The van der Waals surface area contributed by atoms with Crippen LogP contribution in [-0.4, -0.2) is 38.4 Å². The zero-order chi connectivity index (χ0) is 16.2. The number of hydrogen-bond acceptors (Lipinski definition) is 4. The number of carbonyl (C=O) groups excluding carboxylic acids is 1. The van der Waals surface area contributed by atoms with E-state index in [4.69, 9.17) is 0 Å². The van der Waals surface area contributed by atoms with Gasteiger partial charge >= 0.3 is 0 Å². The van der Waals surface area contributed by atoms with Crippen molar-refractivity contribution in [1.82, 2.24) is 19.4 Å². The van der Waals surface area contributed by atoms with Gasteiger partial charge in [0.2, 0.25) is 5.91 Å². The molecular formula is C17H24N4OS. The first kappa shape index (κ1) is 16.2. The summed E-state index contributed by atoms with van der Waals surface area (Å²) in [4.78, 5) is 24.6. The highest BCUT2D eigenvalue weighted by atomic mass is 32.1. The smallest absolute Gasteiger partial charge is 0.224 e. The third kappa shape index (κ3) is 3.80. The number of rotatable bonds is 5. The molecule has 0 saturated carbocycles. The molecule has 1 amide bonds. The first-order chi connectivity index (χ1) is 11.2. The van der Waals surface area contributed by atoms with E-state index in [1.165, 1.54) is 9.88 Å². The van der Waals surface area contributed by atoms with Crippen LogP contribution in [0.5, 0.6) is 0 Å². The molecule has 1 fully saturated rings. The normalized spacial score (nSPS) is 18.3. The summed E-state index contributed by atoms with van der Waals surface area (Å²) >= 11 is 1.76. The van der Waals surface area contributed by atoms with E-state index in [-0.39, 0.29) is 5.91 Å². The fraction of sp³-hybridized carbons (Fsp3) is 0.588. The molecule has 0 aromatic carbocycles. The van der Waals surface area contributed by atoms with Crippen molar-refractivity contribution in [1.29, 1.82) is 0 Å². The van der Waals surface area contributed by atoms with E-state index >= 15 is 0 Å². The molecule has 0 bridgehead atoms. The number of thiazole rings is 1. The van der Waals surface area contributed by atoms with Crippen LogP contribution in [0.3, 0.4) is 0 Å². The van der Waals surface area contributed by atoms with E-state index in [0.29, 0.717) is 12.3 Å². The minimum absolute atomic E-state index is 0.249. The van der Waals surface area contributed by atoms with Gasteiger partial charge in [-0.2, -0.15) is 0 Å². The molecule has 1 aliphatic heterocycles. The Kier molecular flexibility index (Phi) is 5.10. The second-order valence-electron chi connectivity index (χ2n) is 6.13. The molecule has 3 rings (SSSR count). The van der Waals surface area contributed by atoms with Crippen LogP contribution >= 0.6 is 11.3 Å². The van der Waals surface area contributed by atoms with Gasteiger partial charge in [-0.15, -0.1) is 11.3 Å². The number of nitrogens with zero attached hydrogens (tertiary/aromatic N) is 4. The van der Waals surface area contributed by atoms with E-state index in [1.807, 2.05) is 23.5 Å². The first-order valence-electron chi connectivity index (χ1n) is 8.37. The molecule has 5 nitrogen and oxygen atoms in total. The Morgan fingerprint density at radius 3 is 3.04 bits per heavy atom. The van der Waals surface area contributed by atoms with Crippen LogP contribution in [0.4, 0.5) is 0 Å². The van der Waals surface area contributed by atoms with E-state index < -0.39 is 0 Å². The van der Waals surface area contributed by atoms with Gasteiger partial charge in [0.15, 0.2) is 0 Å². The van der Waals surface area contributed by atoms with Crippen molar-refractivity contribution in [3.05, 3.63) is 34.3 Å². The van der Waals surface area contributed by atoms with E-state index in [2.05, 4.69) is 28.4 Å². The number of likely N-dealkylation sites (tertiary alicyclic amines) is 1. The molecule has 23 heavy (non-hydrogen) atoms. The van der Waals surface area contributed by atoms with E-state index in [0.717, 1.165) is 44.7 Å². The van der Waals surface area contributed by atoms with Crippen LogP contribution < -0.4 is 0 Å². The van der Waals surface area contributed by atoms with Gasteiger partial charge < -0.3 is 9.47 Å². The molecule has 1 aliphatic rings. The Morgan fingerprint density at radius 2 is 2.30 bits per heavy atom. The van der Waals surface area contributed by atoms with Crippen LogP contribution in [-0.2, 0) is 17.8 Å². The maximum atomic E-state index is 12.6.